The molecule has 8 heteroatoms. The molecule has 3 aromatic rings. The highest BCUT2D eigenvalue weighted by atomic mass is 19.3. The SMILES string of the molecule is NC(c1noc(-c2cnn(-c3ccccc3)c2C(F)F)n1)C1CC1. The van der Waals surface area contributed by atoms with Crippen molar-refractivity contribution in [2.24, 2.45) is 11.7 Å². The van der Waals surface area contributed by atoms with Crippen LogP contribution < -0.4 is 5.73 Å². The van der Waals surface area contributed by atoms with Gasteiger partial charge in [-0.15, -0.1) is 0 Å². The average molecular weight is 331 g/mol. The Morgan fingerprint density at radius 1 is 1.21 bits per heavy atom. The molecule has 2 aromatic heterocycles. The van der Waals surface area contributed by atoms with Gasteiger partial charge in [-0.3, -0.25) is 0 Å². The van der Waals surface area contributed by atoms with Gasteiger partial charge in [-0.05, 0) is 30.9 Å². The number of hydrogen-bond donors (Lipinski definition) is 1. The average Bonchev–Trinajstić information content (AvgIpc) is 3.16. The highest BCUT2D eigenvalue weighted by Gasteiger charge is 2.33. The van der Waals surface area contributed by atoms with E-state index < -0.39 is 6.43 Å². The number of rotatable bonds is 5. The molecule has 1 aliphatic rings. The van der Waals surface area contributed by atoms with Gasteiger partial charge in [-0.25, -0.2) is 13.5 Å². The number of halogens is 2. The largest absolute Gasteiger partial charge is 0.334 e. The van der Waals surface area contributed by atoms with E-state index in [-0.39, 0.29) is 23.2 Å². The lowest BCUT2D eigenvalue weighted by Crippen LogP contribution is -2.13. The monoisotopic (exact) mass is 331 g/mol. The molecule has 0 spiro atoms. The summed E-state index contributed by atoms with van der Waals surface area (Å²) in [6, 6.07) is 8.40. The molecule has 0 radical (unpaired) electrons. The van der Waals surface area contributed by atoms with E-state index in [9.17, 15) is 8.78 Å². The van der Waals surface area contributed by atoms with E-state index >= 15 is 0 Å². The number of nitrogens with zero attached hydrogens (tertiary/aromatic N) is 4. The normalized spacial score (nSPS) is 15.8. The fourth-order valence-corrected chi connectivity index (χ4v) is 2.65. The zero-order valence-corrected chi connectivity index (χ0v) is 12.6. The van der Waals surface area contributed by atoms with Crippen molar-refractivity contribution in [1.82, 2.24) is 19.9 Å². The van der Waals surface area contributed by atoms with E-state index in [1.54, 1.807) is 30.3 Å². The Morgan fingerprint density at radius 2 is 1.96 bits per heavy atom. The van der Waals surface area contributed by atoms with Gasteiger partial charge in [-0.1, -0.05) is 23.4 Å². The van der Waals surface area contributed by atoms with Crippen molar-refractivity contribution in [3.8, 4) is 17.1 Å². The maximum atomic E-state index is 13.6. The number of nitrogens with two attached hydrogens (primary N) is 1. The summed E-state index contributed by atoms with van der Waals surface area (Å²) in [5.41, 5.74) is 6.41. The summed E-state index contributed by atoms with van der Waals surface area (Å²) in [6.07, 6.45) is 0.627. The molecule has 4 rings (SSSR count). The van der Waals surface area contributed by atoms with Gasteiger partial charge in [0.2, 0.25) is 0 Å². The van der Waals surface area contributed by atoms with Gasteiger partial charge in [0.05, 0.1) is 23.5 Å². The third kappa shape index (κ3) is 2.58. The smallest absolute Gasteiger partial charge is 0.281 e. The molecule has 0 bridgehead atoms. The molecular formula is C16H15F2N5O. The van der Waals surface area contributed by atoms with Crippen molar-refractivity contribution in [1.29, 1.82) is 0 Å². The summed E-state index contributed by atoms with van der Waals surface area (Å²) in [7, 11) is 0. The second-order valence-electron chi connectivity index (χ2n) is 5.81. The van der Waals surface area contributed by atoms with Crippen LogP contribution in [0.25, 0.3) is 17.1 Å². The summed E-state index contributed by atoms with van der Waals surface area (Å²) >= 11 is 0. The molecule has 1 saturated carbocycles. The molecule has 1 aromatic carbocycles. The summed E-state index contributed by atoms with van der Waals surface area (Å²) in [4.78, 5) is 4.20. The fraction of sp³-hybridized carbons (Fsp3) is 0.312. The highest BCUT2D eigenvalue weighted by Crippen LogP contribution is 2.39. The Balaban J connectivity index is 1.74. The molecule has 0 saturated heterocycles. The van der Waals surface area contributed by atoms with Gasteiger partial charge in [0, 0.05) is 0 Å². The van der Waals surface area contributed by atoms with E-state index in [4.69, 9.17) is 10.3 Å². The van der Waals surface area contributed by atoms with Gasteiger partial charge >= 0.3 is 0 Å². The van der Waals surface area contributed by atoms with Crippen molar-refractivity contribution in [2.45, 2.75) is 25.3 Å². The Bertz CT molecular complexity index is 841. The van der Waals surface area contributed by atoms with Crippen LogP contribution in [0.5, 0.6) is 0 Å². The Hall–Kier alpha value is -2.61. The van der Waals surface area contributed by atoms with Crippen LogP contribution in [0.4, 0.5) is 8.78 Å². The van der Waals surface area contributed by atoms with Crippen molar-refractivity contribution in [3.63, 3.8) is 0 Å². The van der Waals surface area contributed by atoms with Crippen LogP contribution in [0.1, 0.15) is 36.8 Å². The van der Waals surface area contributed by atoms with Gasteiger partial charge in [0.25, 0.3) is 12.3 Å². The van der Waals surface area contributed by atoms with Crippen LogP contribution >= 0.6 is 0 Å². The summed E-state index contributed by atoms with van der Waals surface area (Å²) in [6.45, 7) is 0. The first-order valence-corrected chi connectivity index (χ1v) is 7.66. The number of para-hydroxylation sites is 1. The zero-order chi connectivity index (χ0) is 16.7. The molecular weight excluding hydrogens is 316 g/mol. The highest BCUT2D eigenvalue weighted by molar-refractivity contribution is 5.57. The third-order valence-electron chi connectivity index (χ3n) is 4.11. The molecule has 1 unspecified atom stereocenters. The quantitative estimate of drug-likeness (QED) is 0.776. The maximum Gasteiger partial charge on any atom is 0.281 e. The molecule has 0 amide bonds. The van der Waals surface area contributed by atoms with Crippen LogP contribution in [0.15, 0.2) is 41.1 Å². The third-order valence-corrected chi connectivity index (χ3v) is 4.11. The van der Waals surface area contributed by atoms with Gasteiger partial charge in [-0.2, -0.15) is 10.1 Å². The summed E-state index contributed by atoms with van der Waals surface area (Å²) < 4.78 is 33.6. The number of benzene rings is 1. The van der Waals surface area contributed by atoms with Gasteiger partial charge in [0.15, 0.2) is 5.82 Å². The van der Waals surface area contributed by atoms with Crippen LogP contribution in [-0.2, 0) is 0 Å². The predicted octanol–water partition coefficient (Wildman–Crippen LogP) is 3.27. The van der Waals surface area contributed by atoms with E-state index in [1.165, 1.54) is 10.9 Å². The van der Waals surface area contributed by atoms with E-state index in [0.29, 0.717) is 17.4 Å². The van der Waals surface area contributed by atoms with E-state index in [0.717, 1.165) is 12.8 Å². The maximum absolute atomic E-state index is 13.6. The van der Waals surface area contributed by atoms with E-state index in [2.05, 4.69) is 15.2 Å². The standard InChI is InChI=1S/C16H15F2N5O/c17-14(18)13-11(8-20-23(13)10-4-2-1-3-5-10)16-21-15(22-24-16)12(19)9-6-7-9/h1-5,8-9,12,14H,6-7,19H2. The first-order chi connectivity index (χ1) is 11.6. The minimum absolute atomic E-state index is 0.0126. The van der Waals surface area contributed by atoms with Gasteiger partial charge < -0.3 is 10.3 Å². The molecule has 6 nitrogen and oxygen atoms in total. The molecule has 2 N–H and O–H groups in total. The van der Waals surface area contributed by atoms with Crippen LogP contribution in [0, 0.1) is 5.92 Å². The molecule has 1 aliphatic carbocycles. The topological polar surface area (TPSA) is 82.8 Å². The first-order valence-electron chi connectivity index (χ1n) is 7.66. The minimum Gasteiger partial charge on any atom is -0.334 e. The van der Waals surface area contributed by atoms with Crippen LogP contribution in [0.3, 0.4) is 0 Å². The van der Waals surface area contributed by atoms with E-state index in [1.807, 2.05) is 0 Å². The predicted molar refractivity (Wildman–Crippen MR) is 81.5 cm³/mol. The molecule has 1 fully saturated rings. The lowest BCUT2D eigenvalue weighted by molar-refractivity contribution is 0.143. The number of hydrogen-bond acceptors (Lipinski definition) is 5. The molecule has 24 heavy (non-hydrogen) atoms. The molecule has 124 valence electrons. The molecule has 1 atom stereocenters. The molecule has 0 aliphatic heterocycles. The number of aromatic nitrogens is 4. The van der Waals surface area contributed by atoms with Crippen molar-refractivity contribution in [3.05, 3.63) is 48.0 Å². The second kappa shape index (κ2) is 5.79. The first kappa shape index (κ1) is 14.9. The Kier molecular flexibility index (Phi) is 3.61. The lowest BCUT2D eigenvalue weighted by atomic mass is 10.2. The lowest BCUT2D eigenvalue weighted by Gasteiger charge is -2.07. The fourth-order valence-electron chi connectivity index (χ4n) is 2.65. The second-order valence-corrected chi connectivity index (χ2v) is 5.81. The number of alkyl halides is 2. The van der Waals surface area contributed by atoms with Crippen molar-refractivity contribution in [2.75, 3.05) is 0 Å². The van der Waals surface area contributed by atoms with Crippen molar-refractivity contribution < 1.29 is 13.3 Å². The van der Waals surface area contributed by atoms with Crippen LogP contribution in [-0.4, -0.2) is 19.9 Å². The van der Waals surface area contributed by atoms with Gasteiger partial charge in [0.1, 0.15) is 5.69 Å². The molecule has 2 heterocycles. The summed E-state index contributed by atoms with van der Waals surface area (Å²) in [5.74, 6) is 0.704. The Morgan fingerprint density at radius 3 is 2.62 bits per heavy atom. The zero-order valence-electron chi connectivity index (χ0n) is 12.6. The Labute approximate surface area is 136 Å². The summed E-state index contributed by atoms with van der Waals surface area (Å²) in [5, 5.41) is 7.91. The van der Waals surface area contributed by atoms with Crippen molar-refractivity contribution >= 4 is 0 Å². The minimum atomic E-state index is -2.74. The van der Waals surface area contributed by atoms with Crippen LogP contribution in [0.2, 0.25) is 0 Å².